The van der Waals surface area contributed by atoms with Gasteiger partial charge in [-0.2, -0.15) is 0 Å². The average Bonchev–Trinajstić information content (AvgIpc) is 2.34. The standard InChI is InChI=1S/C14H30N4O/c1-14(2,3)18-8-6-17(7-9-18)12(11-15)10-13(19)16(4)5/h12H,6-11,15H2,1-5H3. The van der Waals surface area contributed by atoms with Gasteiger partial charge in [0.25, 0.3) is 0 Å². The van der Waals surface area contributed by atoms with E-state index in [0.29, 0.717) is 13.0 Å². The fourth-order valence-corrected chi connectivity index (χ4v) is 2.50. The van der Waals surface area contributed by atoms with Gasteiger partial charge in [-0.1, -0.05) is 0 Å². The second kappa shape index (κ2) is 6.68. The third-order valence-electron chi connectivity index (χ3n) is 3.96. The molecule has 5 heteroatoms. The quantitative estimate of drug-likeness (QED) is 0.793. The Morgan fingerprint density at radius 1 is 1.21 bits per heavy atom. The lowest BCUT2D eigenvalue weighted by Crippen LogP contribution is -2.57. The van der Waals surface area contributed by atoms with Crippen LogP contribution in [-0.4, -0.2) is 79.0 Å². The molecule has 1 atom stereocenters. The predicted molar refractivity (Wildman–Crippen MR) is 79.1 cm³/mol. The molecule has 1 fully saturated rings. The highest BCUT2D eigenvalue weighted by Crippen LogP contribution is 2.17. The second-order valence-electron chi connectivity index (χ2n) is 6.58. The van der Waals surface area contributed by atoms with E-state index in [0.717, 1.165) is 26.2 Å². The van der Waals surface area contributed by atoms with Gasteiger partial charge in [0.05, 0.1) is 0 Å². The van der Waals surface area contributed by atoms with E-state index < -0.39 is 0 Å². The van der Waals surface area contributed by atoms with Crippen molar-refractivity contribution in [2.24, 2.45) is 5.73 Å². The van der Waals surface area contributed by atoms with E-state index in [1.807, 2.05) is 0 Å². The maximum atomic E-state index is 11.8. The van der Waals surface area contributed by atoms with Gasteiger partial charge in [-0.15, -0.1) is 0 Å². The lowest BCUT2D eigenvalue weighted by molar-refractivity contribution is -0.130. The van der Waals surface area contributed by atoms with Crippen molar-refractivity contribution < 1.29 is 4.79 Å². The molecule has 1 amide bonds. The van der Waals surface area contributed by atoms with E-state index in [9.17, 15) is 4.79 Å². The van der Waals surface area contributed by atoms with Gasteiger partial charge in [0.1, 0.15) is 0 Å². The first-order valence-electron chi connectivity index (χ1n) is 7.15. The monoisotopic (exact) mass is 270 g/mol. The van der Waals surface area contributed by atoms with Crippen LogP contribution in [0.25, 0.3) is 0 Å². The molecule has 0 saturated carbocycles. The molecule has 0 aromatic carbocycles. The molecule has 1 heterocycles. The van der Waals surface area contributed by atoms with E-state index in [1.54, 1.807) is 19.0 Å². The zero-order valence-corrected chi connectivity index (χ0v) is 13.1. The molecule has 1 rings (SSSR count). The van der Waals surface area contributed by atoms with Crippen molar-refractivity contribution in [3.8, 4) is 0 Å². The number of hydrogen-bond donors (Lipinski definition) is 1. The van der Waals surface area contributed by atoms with Crippen LogP contribution in [0.4, 0.5) is 0 Å². The molecule has 1 aliphatic rings. The number of carbonyl (C=O) groups is 1. The van der Waals surface area contributed by atoms with Gasteiger partial charge in [0.15, 0.2) is 0 Å². The minimum absolute atomic E-state index is 0.161. The lowest BCUT2D eigenvalue weighted by atomic mass is 10.0. The van der Waals surface area contributed by atoms with E-state index >= 15 is 0 Å². The summed E-state index contributed by atoms with van der Waals surface area (Å²) in [4.78, 5) is 18.3. The van der Waals surface area contributed by atoms with Gasteiger partial charge >= 0.3 is 0 Å². The number of piperazine rings is 1. The summed E-state index contributed by atoms with van der Waals surface area (Å²) < 4.78 is 0. The number of nitrogens with zero attached hydrogens (tertiary/aromatic N) is 3. The molecule has 0 aromatic rings. The Labute approximate surface area is 117 Å². The fraction of sp³-hybridized carbons (Fsp3) is 0.929. The Hall–Kier alpha value is -0.650. The minimum atomic E-state index is 0.161. The van der Waals surface area contributed by atoms with Gasteiger partial charge < -0.3 is 10.6 Å². The molecule has 19 heavy (non-hydrogen) atoms. The van der Waals surface area contributed by atoms with E-state index in [2.05, 4.69) is 30.6 Å². The molecule has 0 bridgehead atoms. The van der Waals surface area contributed by atoms with Crippen LogP contribution in [0.2, 0.25) is 0 Å². The number of carbonyl (C=O) groups excluding carboxylic acids is 1. The van der Waals surface area contributed by atoms with Crippen LogP contribution in [0.15, 0.2) is 0 Å². The Morgan fingerprint density at radius 2 is 1.74 bits per heavy atom. The summed E-state index contributed by atoms with van der Waals surface area (Å²) in [6.07, 6.45) is 0.527. The summed E-state index contributed by atoms with van der Waals surface area (Å²) in [6, 6.07) is 0.178. The lowest BCUT2D eigenvalue weighted by Gasteiger charge is -2.44. The van der Waals surface area contributed by atoms with Crippen LogP contribution in [0.3, 0.4) is 0 Å². The van der Waals surface area contributed by atoms with Crippen molar-refractivity contribution in [2.45, 2.75) is 38.8 Å². The molecule has 0 aromatic heterocycles. The first-order chi connectivity index (χ1) is 8.75. The molecule has 1 saturated heterocycles. The van der Waals surface area contributed by atoms with E-state index in [-0.39, 0.29) is 17.5 Å². The van der Waals surface area contributed by atoms with Gasteiger partial charge in [0.2, 0.25) is 5.91 Å². The topological polar surface area (TPSA) is 52.8 Å². The smallest absolute Gasteiger partial charge is 0.223 e. The number of hydrogen-bond acceptors (Lipinski definition) is 4. The minimum Gasteiger partial charge on any atom is -0.349 e. The summed E-state index contributed by atoms with van der Waals surface area (Å²) in [5, 5.41) is 0. The van der Waals surface area contributed by atoms with Crippen LogP contribution in [0.1, 0.15) is 27.2 Å². The Kier molecular flexibility index (Phi) is 5.77. The fourth-order valence-electron chi connectivity index (χ4n) is 2.50. The van der Waals surface area contributed by atoms with Crippen molar-refractivity contribution in [1.82, 2.24) is 14.7 Å². The molecule has 0 spiro atoms. The van der Waals surface area contributed by atoms with Gasteiger partial charge in [-0.3, -0.25) is 14.6 Å². The molecule has 0 radical (unpaired) electrons. The van der Waals surface area contributed by atoms with Crippen molar-refractivity contribution in [3.05, 3.63) is 0 Å². The third-order valence-corrected chi connectivity index (χ3v) is 3.96. The van der Waals surface area contributed by atoms with Crippen molar-refractivity contribution in [1.29, 1.82) is 0 Å². The van der Waals surface area contributed by atoms with Crippen LogP contribution in [-0.2, 0) is 4.79 Å². The van der Waals surface area contributed by atoms with E-state index in [1.165, 1.54) is 0 Å². The average molecular weight is 270 g/mol. The maximum Gasteiger partial charge on any atom is 0.223 e. The van der Waals surface area contributed by atoms with Gasteiger partial charge in [0, 0.05) is 64.8 Å². The van der Waals surface area contributed by atoms with Gasteiger partial charge in [-0.05, 0) is 20.8 Å². The summed E-state index contributed by atoms with van der Waals surface area (Å²) in [5.74, 6) is 0.161. The normalized spacial score (nSPS) is 20.3. The second-order valence-corrected chi connectivity index (χ2v) is 6.58. The SMILES string of the molecule is CN(C)C(=O)CC(CN)N1CCN(C(C)(C)C)CC1. The largest absolute Gasteiger partial charge is 0.349 e. The molecule has 1 aliphatic heterocycles. The molecule has 5 nitrogen and oxygen atoms in total. The number of rotatable bonds is 4. The zero-order valence-electron chi connectivity index (χ0n) is 13.1. The molecule has 1 unspecified atom stereocenters. The Bertz CT molecular complexity index is 290. The van der Waals surface area contributed by atoms with Crippen molar-refractivity contribution >= 4 is 5.91 Å². The Morgan fingerprint density at radius 3 is 2.11 bits per heavy atom. The molecular formula is C14H30N4O. The van der Waals surface area contributed by atoms with Crippen LogP contribution >= 0.6 is 0 Å². The number of amides is 1. The summed E-state index contributed by atoms with van der Waals surface area (Å²) in [7, 11) is 3.60. The highest BCUT2D eigenvalue weighted by Gasteiger charge is 2.29. The zero-order chi connectivity index (χ0) is 14.6. The molecular weight excluding hydrogens is 240 g/mol. The van der Waals surface area contributed by atoms with Crippen LogP contribution in [0, 0.1) is 0 Å². The summed E-state index contributed by atoms with van der Waals surface area (Å²) in [6.45, 7) is 11.4. The molecule has 2 N–H and O–H groups in total. The van der Waals surface area contributed by atoms with Crippen molar-refractivity contribution in [2.75, 3.05) is 46.8 Å². The van der Waals surface area contributed by atoms with Gasteiger partial charge in [-0.25, -0.2) is 0 Å². The molecule has 0 aliphatic carbocycles. The maximum absolute atomic E-state index is 11.8. The third kappa shape index (κ3) is 4.75. The summed E-state index contributed by atoms with van der Waals surface area (Å²) in [5.41, 5.74) is 6.07. The van der Waals surface area contributed by atoms with Crippen molar-refractivity contribution in [3.63, 3.8) is 0 Å². The highest BCUT2D eigenvalue weighted by molar-refractivity contribution is 5.76. The summed E-state index contributed by atoms with van der Waals surface area (Å²) >= 11 is 0. The predicted octanol–water partition coefficient (Wildman–Crippen LogP) is 0.208. The van der Waals surface area contributed by atoms with E-state index in [4.69, 9.17) is 5.73 Å². The number of nitrogens with two attached hydrogens (primary N) is 1. The van der Waals surface area contributed by atoms with Crippen LogP contribution < -0.4 is 5.73 Å². The first kappa shape index (κ1) is 16.4. The Balaban J connectivity index is 2.50. The first-order valence-corrected chi connectivity index (χ1v) is 7.15. The van der Waals surface area contributed by atoms with Crippen LogP contribution in [0.5, 0.6) is 0 Å². The molecule has 112 valence electrons. The highest BCUT2D eigenvalue weighted by atomic mass is 16.2.